The summed E-state index contributed by atoms with van der Waals surface area (Å²) in [6, 6.07) is 9.75. The van der Waals surface area contributed by atoms with Crippen molar-refractivity contribution in [3.05, 3.63) is 65.0 Å². The molecular weight excluding hydrogens is 410 g/mol. The van der Waals surface area contributed by atoms with Gasteiger partial charge >= 0.3 is 0 Å². The molecule has 8 heteroatoms. The van der Waals surface area contributed by atoms with E-state index < -0.39 is 17.7 Å². The smallest absolute Gasteiger partial charge is 0.295 e. The van der Waals surface area contributed by atoms with Gasteiger partial charge in [-0.25, -0.2) is 0 Å². The van der Waals surface area contributed by atoms with Gasteiger partial charge in [0.25, 0.3) is 11.7 Å². The number of aliphatic hydroxyl groups excluding tert-OH is 1. The number of morpholine rings is 1. The minimum atomic E-state index is -0.750. The van der Waals surface area contributed by atoms with Crippen LogP contribution in [0.25, 0.3) is 5.76 Å². The van der Waals surface area contributed by atoms with Crippen molar-refractivity contribution in [3.8, 4) is 5.75 Å². The highest BCUT2D eigenvalue weighted by Gasteiger charge is 2.46. The van der Waals surface area contributed by atoms with Gasteiger partial charge < -0.3 is 19.5 Å². The van der Waals surface area contributed by atoms with Gasteiger partial charge in [-0.1, -0.05) is 6.07 Å². The third-order valence-corrected chi connectivity index (χ3v) is 5.94. The first kappa shape index (κ1) is 22.0. The van der Waals surface area contributed by atoms with Crippen molar-refractivity contribution in [3.63, 3.8) is 0 Å². The van der Waals surface area contributed by atoms with Crippen molar-refractivity contribution >= 4 is 17.4 Å². The van der Waals surface area contributed by atoms with E-state index in [2.05, 4.69) is 9.88 Å². The minimum absolute atomic E-state index is 0.0558. The van der Waals surface area contributed by atoms with Gasteiger partial charge in [-0.3, -0.25) is 19.5 Å². The van der Waals surface area contributed by atoms with Gasteiger partial charge in [0.05, 0.1) is 31.6 Å². The highest BCUT2D eigenvalue weighted by atomic mass is 16.5. The Balaban J connectivity index is 1.72. The number of amides is 1. The fraction of sp³-hybridized carbons (Fsp3) is 0.375. The number of hydrogen-bond donors (Lipinski definition) is 1. The molecule has 2 saturated heterocycles. The van der Waals surface area contributed by atoms with Crippen LogP contribution in [-0.2, 0) is 14.3 Å². The number of benzene rings is 1. The number of likely N-dealkylation sites (tertiary alicyclic amines) is 1. The van der Waals surface area contributed by atoms with E-state index in [-0.39, 0.29) is 11.3 Å². The molecule has 0 spiro atoms. The molecule has 2 aliphatic heterocycles. The molecule has 2 aromatic rings. The Morgan fingerprint density at radius 3 is 2.62 bits per heavy atom. The summed E-state index contributed by atoms with van der Waals surface area (Å²) in [7, 11) is 1.57. The van der Waals surface area contributed by atoms with Crippen molar-refractivity contribution in [1.82, 2.24) is 14.8 Å². The van der Waals surface area contributed by atoms with Gasteiger partial charge in [0.15, 0.2) is 0 Å². The van der Waals surface area contributed by atoms with Crippen molar-refractivity contribution in [2.45, 2.75) is 13.0 Å². The second kappa shape index (κ2) is 9.50. The fourth-order valence-electron chi connectivity index (χ4n) is 4.21. The van der Waals surface area contributed by atoms with Gasteiger partial charge in [-0.05, 0) is 42.8 Å². The zero-order chi connectivity index (χ0) is 22.7. The number of Topliss-reactive ketones (excluding diaryl/α,β-unsaturated/α-hetero) is 1. The summed E-state index contributed by atoms with van der Waals surface area (Å²) in [5.74, 6) is -0.860. The van der Waals surface area contributed by atoms with Gasteiger partial charge in [0.1, 0.15) is 17.6 Å². The number of pyridine rings is 1. The molecule has 0 bridgehead atoms. The number of methoxy groups -OCH3 is 1. The monoisotopic (exact) mass is 437 g/mol. The third-order valence-electron chi connectivity index (χ3n) is 5.94. The number of carbonyl (C=O) groups is 2. The molecular formula is C24H27N3O5. The van der Waals surface area contributed by atoms with Crippen molar-refractivity contribution < 1.29 is 24.2 Å². The molecule has 2 fully saturated rings. The van der Waals surface area contributed by atoms with Crippen LogP contribution in [0.5, 0.6) is 5.75 Å². The van der Waals surface area contributed by atoms with Gasteiger partial charge in [0.2, 0.25) is 0 Å². The van der Waals surface area contributed by atoms with E-state index in [9.17, 15) is 14.7 Å². The number of nitrogens with zero attached hydrogens (tertiary/aromatic N) is 3. The quantitative estimate of drug-likeness (QED) is 0.421. The van der Waals surface area contributed by atoms with Crippen LogP contribution in [0.1, 0.15) is 22.9 Å². The lowest BCUT2D eigenvalue weighted by Gasteiger charge is -2.30. The number of rotatable bonds is 6. The predicted octanol–water partition coefficient (Wildman–Crippen LogP) is 2.15. The van der Waals surface area contributed by atoms with Crippen LogP contribution in [0.4, 0.5) is 0 Å². The predicted molar refractivity (Wildman–Crippen MR) is 118 cm³/mol. The summed E-state index contributed by atoms with van der Waals surface area (Å²) >= 11 is 0. The number of hydrogen-bond acceptors (Lipinski definition) is 7. The highest BCUT2D eigenvalue weighted by molar-refractivity contribution is 6.46. The molecule has 1 aromatic carbocycles. The average molecular weight is 437 g/mol. The average Bonchev–Trinajstić information content (AvgIpc) is 3.08. The van der Waals surface area contributed by atoms with E-state index >= 15 is 0 Å². The van der Waals surface area contributed by atoms with Crippen LogP contribution in [0.3, 0.4) is 0 Å². The molecule has 1 amide bonds. The van der Waals surface area contributed by atoms with Crippen LogP contribution in [0, 0.1) is 6.92 Å². The third kappa shape index (κ3) is 4.24. The van der Waals surface area contributed by atoms with E-state index in [0.717, 1.165) is 18.7 Å². The van der Waals surface area contributed by atoms with E-state index in [0.29, 0.717) is 43.3 Å². The molecule has 1 unspecified atom stereocenters. The lowest BCUT2D eigenvalue weighted by molar-refractivity contribution is -0.140. The molecule has 2 aliphatic rings. The Labute approximate surface area is 187 Å². The summed E-state index contributed by atoms with van der Waals surface area (Å²) in [6.45, 7) is 5.68. The molecule has 0 saturated carbocycles. The standard InChI is InChI=1S/C24H27N3O5/c1-16-15-17(6-7-19(16)31-2)22(28)20-21(18-5-3-4-8-25-18)27(24(30)23(20)29)10-9-26-11-13-32-14-12-26/h3-8,15,21,28H,9-14H2,1-2H3/b22-20+. The van der Waals surface area contributed by atoms with Gasteiger partial charge in [-0.15, -0.1) is 0 Å². The summed E-state index contributed by atoms with van der Waals surface area (Å²) in [5, 5.41) is 11.1. The Bertz CT molecular complexity index is 1030. The minimum Gasteiger partial charge on any atom is -0.507 e. The maximum Gasteiger partial charge on any atom is 0.295 e. The Kier molecular flexibility index (Phi) is 6.53. The molecule has 0 radical (unpaired) electrons. The molecule has 4 rings (SSSR count). The lowest BCUT2D eigenvalue weighted by atomic mass is 9.97. The molecule has 1 N–H and O–H groups in total. The van der Waals surface area contributed by atoms with Crippen LogP contribution in [0.15, 0.2) is 48.2 Å². The first-order chi connectivity index (χ1) is 15.5. The number of ketones is 1. The number of aryl methyl sites for hydroxylation is 1. The van der Waals surface area contributed by atoms with E-state index in [1.807, 2.05) is 13.0 Å². The summed E-state index contributed by atoms with van der Waals surface area (Å²) in [5.41, 5.74) is 1.86. The zero-order valence-electron chi connectivity index (χ0n) is 18.3. The summed E-state index contributed by atoms with van der Waals surface area (Å²) < 4.78 is 10.7. The normalized spacial score (nSPS) is 21.2. The number of aromatic nitrogens is 1. The number of carbonyl (C=O) groups excluding carboxylic acids is 2. The van der Waals surface area contributed by atoms with E-state index in [1.165, 1.54) is 4.90 Å². The topological polar surface area (TPSA) is 92.2 Å². The Morgan fingerprint density at radius 1 is 1.19 bits per heavy atom. The summed E-state index contributed by atoms with van der Waals surface area (Å²) in [6.07, 6.45) is 1.62. The SMILES string of the molecule is COc1ccc(/C(O)=C2\C(=O)C(=O)N(CCN3CCOCC3)C2c2ccccn2)cc1C. The Morgan fingerprint density at radius 2 is 1.97 bits per heavy atom. The first-order valence-corrected chi connectivity index (χ1v) is 10.7. The van der Waals surface area contributed by atoms with Crippen molar-refractivity contribution in [2.75, 3.05) is 46.5 Å². The molecule has 8 nitrogen and oxygen atoms in total. The maximum absolute atomic E-state index is 13.1. The van der Waals surface area contributed by atoms with Crippen LogP contribution >= 0.6 is 0 Å². The van der Waals surface area contributed by atoms with Crippen molar-refractivity contribution in [2.24, 2.45) is 0 Å². The van der Waals surface area contributed by atoms with Crippen molar-refractivity contribution in [1.29, 1.82) is 0 Å². The molecule has 168 valence electrons. The Hall–Kier alpha value is -3.23. The summed E-state index contributed by atoms with van der Waals surface area (Å²) in [4.78, 5) is 34.2. The maximum atomic E-state index is 13.1. The zero-order valence-corrected chi connectivity index (χ0v) is 18.3. The lowest BCUT2D eigenvalue weighted by Crippen LogP contribution is -2.42. The molecule has 1 aromatic heterocycles. The largest absolute Gasteiger partial charge is 0.507 e. The van der Waals surface area contributed by atoms with Gasteiger partial charge in [0, 0.05) is 37.9 Å². The van der Waals surface area contributed by atoms with Crippen LogP contribution < -0.4 is 4.74 Å². The van der Waals surface area contributed by atoms with Crippen LogP contribution in [-0.4, -0.2) is 78.1 Å². The number of ether oxygens (including phenoxy) is 2. The first-order valence-electron chi connectivity index (χ1n) is 10.7. The van der Waals surface area contributed by atoms with Gasteiger partial charge in [-0.2, -0.15) is 0 Å². The second-order valence-electron chi connectivity index (χ2n) is 7.89. The van der Waals surface area contributed by atoms with E-state index in [4.69, 9.17) is 9.47 Å². The molecule has 3 heterocycles. The van der Waals surface area contributed by atoms with E-state index in [1.54, 1.807) is 43.6 Å². The fourth-order valence-corrected chi connectivity index (χ4v) is 4.21. The molecule has 0 aliphatic carbocycles. The second-order valence-corrected chi connectivity index (χ2v) is 7.89. The number of aliphatic hydroxyl groups is 1. The molecule has 1 atom stereocenters. The highest BCUT2D eigenvalue weighted by Crippen LogP contribution is 2.38. The van der Waals surface area contributed by atoms with Crippen LogP contribution in [0.2, 0.25) is 0 Å². The molecule has 32 heavy (non-hydrogen) atoms.